The largest absolute Gasteiger partial charge is 0.490 e. The number of ether oxygens (including phenoxy) is 1. The van der Waals surface area contributed by atoms with Crippen LogP contribution in [0.1, 0.15) is 48.0 Å². The van der Waals surface area contributed by atoms with E-state index in [1.165, 1.54) is 12.1 Å². The van der Waals surface area contributed by atoms with E-state index in [4.69, 9.17) is 10.5 Å². The number of carbonyl (C=O) groups excluding carboxylic acids is 1. The minimum Gasteiger partial charge on any atom is -0.490 e. The fourth-order valence-corrected chi connectivity index (χ4v) is 5.65. The number of fused-ring (bicyclic) bond motifs is 2. The Morgan fingerprint density at radius 1 is 1.20 bits per heavy atom. The summed E-state index contributed by atoms with van der Waals surface area (Å²) in [5.41, 5.74) is 8.09. The number of pyridine rings is 1. The van der Waals surface area contributed by atoms with Crippen LogP contribution in [0.5, 0.6) is 5.75 Å². The smallest absolute Gasteiger partial charge is 0.248 e. The molecule has 2 aliphatic carbocycles. The SMILES string of the molecule is CC[C@H](c1ccccc1C(N)=O)C1[C@H]2CC(Oc3ccnc4ccc(F)cc34)C[C@H]12. The number of hydrogen-bond donors (Lipinski definition) is 1. The highest BCUT2D eigenvalue weighted by Gasteiger charge is 2.59. The van der Waals surface area contributed by atoms with E-state index in [0.29, 0.717) is 35.0 Å². The number of hydrogen-bond acceptors (Lipinski definition) is 3. The van der Waals surface area contributed by atoms with Crippen molar-refractivity contribution in [3.05, 3.63) is 71.7 Å². The van der Waals surface area contributed by atoms with Crippen molar-refractivity contribution >= 4 is 16.8 Å². The molecule has 3 aromatic rings. The Balaban J connectivity index is 1.31. The third-order valence-corrected chi connectivity index (χ3v) is 6.96. The molecule has 2 fully saturated rings. The Bertz CT molecular complexity index is 1100. The number of amides is 1. The molecule has 2 aliphatic rings. The molecule has 4 nitrogen and oxygen atoms in total. The average molecular weight is 404 g/mol. The van der Waals surface area contributed by atoms with Gasteiger partial charge in [0.1, 0.15) is 11.6 Å². The van der Waals surface area contributed by atoms with Gasteiger partial charge in [-0.2, -0.15) is 0 Å². The first-order valence-corrected chi connectivity index (χ1v) is 10.7. The van der Waals surface area contributed by atoms with E-state index in [1.807, 2.05) is 30.3 Å². The van der Waals surface area contributed by atoms with Gasteiger partial charge in [0.05, 0.1) is 11.6 Å². The van der Waals surface area contributed by atoms with Crippen LogP contribution in [-0.2, 0) is 0 Å². The zero-order chi connectivity index (χ0) is 20.8. The van der Waals surface area contributed by atoms with Gasteiger partial charge >= 0.3 is 0 Å². The monoisotopic (exact) mass is 404 g/mol. The van der Waals surface area contributed by atoms with E-state index in [-0.39, 0.29) is 17.8 Å². The molecule has 2 saturated carbocycles. The Labute approximate surface area is 175 Å². The first kappa shape index (κ1) is 19.0. The van der Waals surface area contributed by atoms with Crippen molar-refractivity contribution in [2.24, 2.45) is 23.5 Å². The fraction of sp³-hybridized carbons (Fsp3) is 0.360. The molecule has 1 amide bonds. The van der Waals surface area contributed by atoms with Crippen molar-refractivity contribution in [3.8, 4) is 5.75 Å². The Kier molecular flexibility index (Phi) is 4.69. The lowest BCUT2D eigenvalue weighted by molar-refractivity contribution is 0.0998. The van der Waals surface area contributed by atoms with Crippen LogP contribution in [0.15, 0.2) is 54.7 Å². The molecule has 0 unspecified atom stereocenters. The van der Waals surface area contributed by atoms with E-state index < -0.39 is 0 Å². The highest BCUT2D eigenvalue weighted by atomic mass is 19.1. The molecule has 0 saturated heterocycles. The number of rotatable bonds is 6. The minimum atomic E-state index is -0.354. The van der Waals surface area contributed by atoms with Crippen molar-refractivity contribution in [1.82, 2.24) is 4.98 Å². The number of aromatic nitrogens is 1. The van der Waals surface area contributed by atoms with Crippen molar-refractivity contribution in [2.45, 2.75) is 38.2 Å². The number of benzene rings is 2. The quantitative estimate of drug-likeness (QED) is 0.624. The summed E-state index contributed by atoms with van der Waals surface area (Å²) in [5.74, 6) is 2.19. The molecule has 1 heterocycles. The maximum Gasteiger partial charge on any atom is 0.248 e. The first-order chi connectivity index (χ1) is 14.6. The summed E-state index contributed by atoms with van der Waals surface area (Å²) in [7, 11) is 0. The summed E-state index contributed by atoms with van der Waals surface area (Å²) >= 11 is 0. The Morgan fingerprint density at radius 2 is 1.97 bits per heavy atom. The minimum absolute atomic E-state index is 0.133. The highest BCUT2D eigenvalue weighted by Crippen LogP contribution is 2.64. The molecule has 2 aromatic carbocycles. The molecular weight excluding hydrogens is 379 g/mol. The van der Waals surface area contributed by atoms with Gasteiger partial charge in [0.25, 0.3) is 0 Å². The molecule has 5 heteroatoms. The molecule has 1 aromatic heterocycles. The van der Waals surface area contributed by atoms with Crippen molar-refractivity contribution in [1.29, 1.82) is 0 Å². The molecule has 2 N–H and O–H groups in total. The second kappa shape index (κ2) is 7.38. The van der Waals surface area contributed by atoms with E-state index in [9.17, 15) is 9.18 Å². The summed E-state index contributed by atoms with van der Waals surface area (Å²) in [5, 5.41) is 0.719. The molecule has 30 heavy (non-hydrogen) atoms. The normalized spacial score (nSPS) is 23.9. The summed E-state index contributed by atoms with van der Waals surface area (Å²) in [6, 6.07) is 14.2. The number of nitrogens with two attached hydrogens (primary N) is 1. The average Bonchev–Trinajstić information content (AvgIpc) is 3.22. The van der Waals surface area contributed by atoms with Gasteiger partial charge < -0.3 is 10.5 Å². The summed E-state index contributed by atoms with van der Waals surface area (Å²) in [4.78, 5) is 16.2. The third-order valence-electron chi connectivity index (χ3n) is 6.96. The predicted octanol–water partition coefficient (Wildman–Crippen LogP) is 5.07. The molecule has 0 spiro atoms. The second-order valence-electron chi connectivity index (χ2n) is 8.55. The molecule has 0 bridgehead atoms. The lowest BCUT2D eigenvalue weighted by atomic mass is 9.84. The Morgan fingerprint density at radius 3 is 2.70 bits per heavy atom. The molecule has 0 radical (unpaired) electrons. The summed E-state index contributed by atoms with van der Waals surface area (Å²) < 4.78 is 20.0. The van der Waals surface area contributed by atoms with Crippen molar-refractivity contribution < 1.29 is 13.9 Å². The van der Waals surface area contributed by atoms with Crippen LogP contribution in [0.2, 0.25) is 0 Å². The van der Waals surface area contributed by atoms with Crippen LogP contribution >= 0.6 is 0 Å². The van der Waals surface area contributed by atoms with Gasteiger partial charge in [-0.15, -0.1) is 0 Å². The molecule has 3 atom stereocenters. The van der Waals surface area contributed by atoms with Crippen LogP contribution in [-0.4, -0.2) is 17.0 Å². The zero-order valence-electron chi connectivity index (χ0n) is 16.9. The Hall–Kier alpha value is -2.95. The number of carbonyl (C=O) groups is 1. The van der Waals surface area contributed by atoms with E-state index in [2.05, 4.69) is 11.9 Å². The van der Waals surface area contributed by atoms with Crippen LogP contribution in [0.4, 0.5) is 4.39 Å². The third kappa shape index (κ3) is 3.22. The summed E-state index contributed by atoms with van der Waals surface area (Å²) in [6.07, 6.45) is 4.81. The van der Waals surface area contributed by atoms with Gasteiger partial charge in [0, 0.05) is 17.1 Å². The number of nitrogens with zero attached hydrogens (tertiary/aromatic N) is 1. The van der Waals surface area contributed by atoms with Crippen LogP contribution < -0.4 is 10.5 Å². The zero-order valence-corrected chi connectivity index (χ0v) is 16.9. The van der Waals surface area contributed by atoms with Gasteiger partial charge in [-0.1, -0.05) is 25.1 Å². The lowest BCUT2D eigenvalue weighted by Crippen LogP contribution is -2.20. The van der Waals surface area contributed by atoms with Gasteiger partial charge in [0.15, 0.2) is 0 Å². The van der Waals surface area contributed by atoms with Crippen LogP contribution in [0.3, 0.4) is 0 Å². The topological polar surface area (TPSA) is 65.2 Å². The first-order valence-electron chi connectivity index (χ1n) is 10.7. The maximum absolute atomic E-state index is 13.7. The van der Waals surface area contributed by atoms with Gasteiger partial charge in [-0.05, 0) is 78.8 Å². The van der Waals surface area contributed by atoms with E-state index in [1.54, 1.807) is 12.3 Å². The predicted molar refractivity (Wildman–Crippen MR) is 114 cm³/mol. The fourth-order valence-electron chi connectivity index (χ4n) is 5.65. The lowest BCUT2D eigenvalue weighted by Gasteiger charge is -2.23. The number of halogens is 1. The van der Waals surface area contributed by atoms with Crippen molar-refractivity contribution in [2.75, 3.05) is 0 Å². The molecule has 5 rings (SSSR count). The standard InChI is InChI=1S/C25H25FN2O2/c1-2-16(17-5-3-4-6-18(17)25(27)29)24-19-12-15(13-20(19)24)30-23-9-10-28-22-8-7-14(26)11-21(22)23/h3-11,15-16,19-20,24H,2,12-13H2,1H3,(H2,27,29)/t15?,16-,19+,20+,24?/m1/s1. The maximum atomic E-state index is 13.7. The molecule has 0 aliphatic heterocycles. The second-order valence-corrected chi connectivity index (χ2v) is 8.55. The molecular formula is C25H25FN2O2. The van der Waals surface area contributed by atoms with Crippen LogP contribution in [0.25, 0.3) is 10.9 Å². The van der Waals surface area contributed by atoms with E-state index in [0.717, 1.165) is 35.7 Å². The van der Waals surface area contributed by atoms with E-state index >= 15 is 0 Å². The van der Waals surface area contributed by atoms with Gasteiger partial charge in [0.2, 0.25) is 5.91 Å². The van der Waals surface area contributed by atoms with Gasteiger partial charge in [-0.3, -0.25) is 9.78 Å². The summed E-state index contributed by atoms with van der Waals surface area (Å²) in [6.45, 7) is 2.18. The molecule has 154 valence electrons. The highest BCUT2D eigenvalue weighted by molar-refractivity contribution is 5.94. The number of primary amides is 1. The van der Waals surface area contributed by atoms with Gasteiger partial charge in [-0.25, -0.2) is 4.39 Å². The van der Waals surface area contributed by atoms with Crippen LogP contribution in [0, 0.1) is 23.6 Å². The van der Waals surface area contributed by atoms with Crippen molar-refractivity contribution in [3.63, 3.8) is 0 Å².